The average molecular weight is 359 g/mol. The van der Waals surface area contributed by atoms with Crippen LogP contribution >= 0.6 is 11.6 Å². The lowest BCUT2D eigenvalue weighted by Crippen LogP contribution is -2.29. The first-order chi connectivity index (χ1) is 11.8. The van der Waals surface area contributed by atoms with Crippen molar-refractivity contribution in [1.82, 2.24) is 14.8 Å². The number of aromatic nitrogens is 3. The minimum absolute atomic E-state index is 0.161. The average Bonchev–Trinajstić information content (AvgIpc) is 3.20. The largest absolute Gasteiger partial charge is 0.461 e. The van der Waals surface area contributed by atoms with Crippen LogP contribution in [0.1, 0.15) is 31.1 Å². The molecule has 7 heteroatoms. The molecule has 0 atom stereocenters. The Morgan fingerprint density at radius 3 is 2.72 bits per heavy atom. The molecule has 0 amide bonds. The first-order valence-corrected chi connectivity index (χ1v) is 8.26. The van der Waals surface area contributed by atoms with Gasteiger partial charge in [-0.15, -0.1) is 5.10 Å². The van der Waals surface area contributed by atoms with Crippen LogP contribution < -0.4 is 5.32 Å². The van der Waals surface area contributed by atoms with Gasteiger partial charge in [-0.2, -0.15) is 9.67 Å². The van der Waals surface area contributed by atoms with Crippen molar-refractivity contribution < 1.29 is 9.21 Å². The molecule has 25 heavy (non-hydrogen) atoms. The van der Waals surface area contributed by atoms with Crippen molar-refractivity contribution in [2.45, 2.75) is 27.3 Å². The molecule has 0 radical (unpaired) electrons. The van der Waals surface area contributed by atoms with Gasteiger partial charge in [0.05, 0.1) is 6.26 Å². The highest BCUT2D eigenvalue weighted by Crippen LogP contribution is 2.23. The van der Waals surface area contributed by atoms with Crippen molar-refractivity contribution >= 4 is 23.5 Å². The third kappa shape index (κ3) is 3.91. The van der Waals surface area contributed by atoms with Gasteiger partial charge < -0.3 is 9.73 Å². The highest BCUT2D eigenvalue weighted by Gasteiger charge is 2.28. The number of nitrogens with one attached hydrogen (secondary N) is 1. The standard InChI is InChI=1S/C18H19ClN4O2/c1-18(2,3)16(24)23-17(20-11-12-6-4-7-13(19)10-12)21-15(22-23)14-8-5-9-25-14/h4-10H,11H2,1-3H3,(H,20,21,22). The molecule has 1 N–H and O–H groups in total. The lowest BCUT2D eigenvalue weighted by molar-refractivity contribution is 0.0752. The second-order valence-electron chi connectivity index (χ2n) is 6.69. The fraction of sp³-hybridized carbons (Fsp3) is 0.278. The summed E-state index contributed by atoms with van der Waals surface area (Å²) in [7, 11) is 0. The van der Waals surface area contributed by atoms with E-state index in [0.29, 0.717) is 29.1 Å². The van der Waals surface area contributed by atoms with E-state index in [1.807, 2.05) is 45.0 Å². The molecule has 130 valence electrons. The van der Waals surface area contributed by atoms with E-state index >= 15 is 0 Å². The SMILES string of the molecule is CC(C)(C)C(=O)n1nc(-c2ccco2)nc1NCc1cccc(Cl)c1. The highest BCUT2D eigenvalue weighted by atomic mass is 35.5. The van der Waals surface area contributed by atoms with Gasteiger partial charge in [0, 0.05) is 17.0 Å². The van der Waals surface area contributed by atoms with Crippen LogP contribution in [0.15, 0.2) is 47.1 Å². The Morgan fingerprint density at radius 2 is 2.08 bits per heavy atom. The van der Waals surface area contributed by atoms with E-state index in [1.54, 1.807) is 18.4 Å². The summed E-state index contributed by atoms with van der Waals surface area (Å²) in [6.45, 7) is 5.98. The molecule has 0 aliphatic rings. The highest BCUT2D eigenvalue weighted by molar-refractivity contribution is 6.30. The molecule has 0 saturated carbocycles. The van der Waals surface area contributed by atoms with Crippen LogP contribution in [-0.4, -0.2) is 20.7 Å². The molecule has 0 spiro atoms. The zero-order chi connectivity index (χ0) is 18.0. The van der Waals surface area contributed by atoms with Gasteiger partial charge in [0.2, 0.25) is 11.8 Å². The predicted octanol–water partition coefficient (Wildman–Crippen LogP) is 4.49. The summed E-state index contributed by atoms with van der Waals surface area (Å²) in [5.41, 5.74) is 0.380. The normalized spacial score (nSPS) is 11.5. The first kappa shape index (κ1) is 17.2. The molecular weight excluding hydrogens is 340 g/mol. The zero-order valence-electron chi connectivity index (χ0n) is 14.3. The lowest BCUT2D eigenvalue weighted by atomic mass is 9.96. The van der Waals surface area contributed by atoms with Gasteiger partial charge in [-0.05, 0) is 29.8 Å². The predicted molar refractivity (Wildman–Crippen MR) is 96.6 cm³/mol. The van der Waals surface area contributed by atoms with Crippen molar-refractivity contribution in [3.05, 3.63) is 53.2 Å². The summed E-state index contributed by atoms with van der Waals surface area (Å²) in [6, 6.07) is 11.0. The van der Waals surface area contributed by atoms with Gasteiger partial charge in [-0.1, -0.05) is 44.5 Å². The van der Waals surface area contributed by atoms with Gasteiger partial charge in [-0.25, -0.2) is 0 Å². The van der Waals surface area contributed by atoms with Crippen LogP contribution in [0.4, 0.5) is 5.95 Å². The van der Waals surface area contributed by atoms with Crippen molar-refractivity contribution in [2.24, 2.45) is 5.41 Å². The number of nitrogens with zero attached hydrogens (tertiary/aromatic N) is 3. The number of hydrogen-bond donors (Lipinski definition) is 1. The van der Waals surface area contributed by atoms with E-state index in [-0.39, 0.29) is 5.91 Å². The number of furan rings is 1. The summed E-state index contributed by atoms with van der Waals surface area (Å²) in [5, 5.41) is 8.14. The lowest BCUT2D eigenvalue weighted by Gasteiger charge is -2.17. The number of carbonyl (C=O) groups is 1. The quantitative estimate of drug-likeness (QED) is 0.743. The topological polar surface area (TPSA) is 73.0 Å². The molecule has 0 bridgehead atoms. The molecule has 0 fully saturated rings. The smallest absolute Gasteiger partial charge is 0.255 e. The van der Waals surface area contributed by atoms with E-state index in [4.69, 9.17) is 16.0 Å². The fourth-order valence-electron chi connectivity index (χ4n) is 2.22. The van der Waals surface area contributed by atoms with Crippen LogP contribution in [-0.2, 0) is 6.54 Å². The second-order valence-corrected chi connectivity index (χ2v) is 7.12. The summed E-state index contributed by atoms with van der Waals surface area (Å²) in [4.78, 5) is 17.1. The van der Waals surface area contributed by atoms with Crippen LogP contribution in [0.2, 0.25) is 5.02 Å². The maximum absolute atomic E-state index is 12.7. The van der Waals surface area contributed by atoms with Gasteiger partial charge in [0.25, 0.3) is 5.91 Å². The van der Waals surface area contributed by atoms with Gasteiger partial charge in [0.1, 0.15) is 0 Å². The molecule has 6 nitrogen and oxygen atoms in total. The third-order valence-corrected chi connectivity index (χ3v) is 3.76. The molecule has 2 heterocycles. The summed E-state index contributed by atoms with van der Waals surface area (Å²) >= 11 is 6.01. The summed E-state index contributed by atoms with van der Waals surface area (Å²) < 4.78 is 6.63. The van der Waals surface area contributed by atoms with Gasteiger partial charge >= 0.3 is 0 Å². The maximum atomic E-state index is 12.7. The van der Waals surface area contributed by atoms with E-state index in [2.05, 4.69) is 15.4 Å². The van der Waals surface area contributed by atoms with Crippen LogP contribution in [0.5, 0.6) is 0 Å². The number of carbonyl (C=O) groups excluding carboxylic acids is 1. The van der Waals surface area contributed by atoms with Crippen LogP contribution in [0.25, 0.3) is 11.6 Å². The molecule has 3 rings (SSSR count). The third-order valence-electron chi connectivity index (χ3n) is 3.52. The monoisotopic (exact) mass is 358 g/mol. The van der Waals surface area contributed by atoms with E-state index < -0.39 is 5.41 Å². The minimum Gasteiger partial charge on any atom is -0.461 e. The minimum atomic E-state index is -0.597. The van der Waals surface area contributed by atoms with Crippen LogP contribution in [0, 0.1) is 5.41 Å². The van der Waals surface area contributed by atoms with Crippen molar-refractivity contribution in [3.8, 4) is 11.6 Å². The molecule has 0 saturated heterocycles. The van der Waals surface area contributed by atoms with E-state index in [0.717, 1.165) is 5.56 Å². The van der Waals surface area contributed by atoms with Crippen molar-refractivity contribution in [1.29, 1.82) is 0 Å². The molecule has 2 aromatic heterocycles. The maximum Gasteiger partial charge on any atom is 0.255 e. The summed E-state index contributed by atoms with van der Waals surface area (Å²) in [6.07, 6.45) is 1.54. The number of anilines is 1. The molecular formula is C18H19ClN4O2. The Balaban J connectivity index is 1.91. The molecule has 0 unspecified atom stereocenters. The van der Waals surface area contributed by atoms with Gasteiger partial charge in [0.15, 0.2) is 5.76 Å². The first-order valence-electron chi connectivity index (χ1n) is 7.88. The number of hydrogen-bond acceptors (Lipinski definition) is 5. The zero-order valence-corrected chi connectivity index (χ0v) is 15.0. The van der Waals surface area contributed by atoms with E-state index in [1.165, 1.54) is 4.68 Å². The number of halogens is 1. The fourth-order valence-corrected chi connectivity index (χ4v) is 2.44. The van der Waals surface area contributed by atoms with E-state index in [9.17, 15) is 4.79 Å². The molecule has 0 aliphatic carbocycles. The Bertz CT molecular complexity index is 879. The summed E-state index contributed by atoms with van der Waals surface area (Å²) in [5.74, 6) is 1.07. The Kier molecular flexibility index (Phi) is 4.63. The Hall–Kier alpha value is -2.60. The molecule has 1 aromatic carbocycles. The van der Waals surface area contributed by atoms with Crippen molar-refractivity contribution in [2.75, 3.05) is 5.32 Å². The number of benzene rings is 1. The molecule has 0 aliphatic heterocycles. The Labute approximate surface area is 150 Å². The van der Waals surface area contributed by atoms with Gasteiger partial charge in [-0.3, -0.25) is 4.79 Å². The second kappa shape index (κ2) is 6.72. The Morgan fingerprint density at radius 1 is 1.28 bits per heavy atom. The van der Waals surface area contributed by atoms with Crippen LogP contribution in [0.3, 0.4) is 0 Å². The van der Waals surface area contributed by atoms with Crippen molar-refractivity contribution in [3.63, 3.8) is 0 Å². The number of rotatable bonds is 4. The molecule has 3 aromatic rings.